The molecule has 2 N–H and O–H groups in total. The molecule has 3 saturated carbocycles. The summed E-state index contributed by atoms with van der Waals surface area (Å²) in [5.41, 5.74) is -1.10. The van der Waals surface area contributed by atoms with Crippen LogP contribution in [0.4, 0.5) is 0 Å². The number of allylic oxidation sites excluding steroid dienone is 4. The van der Waals surface area contributed by atoms with Gasteiger partial charge in [-0.15, -0.1) is 0 Å². The highest BCUT2D eigenvalue weighted by atomic mass is 16.3. The fourth-order valence-corrected chi connectivity index (χ4v) is 7.33. The molecule has 4 nitrogen and oxygen atoms in total. The largest absolute Gasteiger partial charge is 0.393 e. The van der Waals surface area contributed by atoms with E-state index in [4.69, 9.17) is 0 Å². The predicted octanol–water partition coefficient (Wildman–Crippen LogP) is 2.83. The Balaban J connectivity index is 1.80. The molecule has 0 amide bonds. The van der Waals surface area contributed by atoms with E-state index in [9.17, 15) is 19.8 Å². The van der Waals surface area contributed by atoms with Crippen LogP contribution in [0.15, 0.2) is 23.8 Å². The smallest absolute Gasteiger partial charge is 0.178 e. The van der Waals surface area contributed by atoms with E-state index in [1.54, 1.807) is 12.2 Å². The number of aliphatic hydroxyl groups excluding tert-OH is 1. The van der Waals surface area contributed by atoms with Gasteiger partial charge < -0.3 is 10.2 Å². The molecule has 3 unspecified atom stereocenters. The molecule has 0 aromatic carbocycles. The molecule has 8 atom stereocenters. The summed E-state index contributed by atoms with van der Waals surface area (Å²) >= 11 is 0. The third-order valence-corrected chi connectivity index (χ3v) is 8.55. The van der Waals surface area contributed by atoms with E-state index >= 15 is 0 Å². The van der Waals surface area contributed by atoms with Crippen LogP contribution in [0.5, 0.6) is 0 Å². The molecule has 0 saturated heterocycles. The Morgan fingerprint density at radius 1 is 1.31 bits per heavy atom. The summed E-state index contributed by atoms with van der Waals surface area (Å²) in [5.74, 6) is 0.609. The van der Waals surface area contributed by atoms with Crippen molar-refractivity contribution in [1.29, 1.82) is 0 Å². The van der Waals surface area contributed by atoms with E-state index in [1.807, 2.05) is 13.0 Å². The van der Waals surface area contributed by atoms with Gasteiger partial charge in [0.25, 0.3) is 0 Å². The number of fused-ring (bicyclic) bond motifs is 5. The van der Waals surface area contributed by atoms with Gasteiger partial charge in [0.1, 0.15) is 5.60 Å². The van der Waals surface area contributed by atoms with E-state index in [1.165, 1.54) is 6.92 Å². The van der Waals surface area contributed by atoms with E-state index < -0.39 is 17.1 Å². The maximum Gasteiger partial charge on any atom is 0.178 e. The van der Waals surface area contributed by atoms with Crippen LogP contribution in [0.1, 0.15) is 53.4 Å². The van der Waals surface area contributed by atoms with Crippen LogP contribution in [0.2, 0.25) is 0 Å². The van der Waals surface area contributed by atoms with Crippen LogP contribution in [0, 0.1) is 34.5 Å². The highest BCUT2D eigenvalue weighted by Gasteiger charge is 2.68. The van der Waals surface area contributed by atoms with Crippen LogP contribution in [0.25, 0.3) is 0 Å². The Bertz CT molecular complexity index is 736. The number of carbonyl (C=O) groups excluding carboxylic acids is 2. The quantitative estimate of drug-likeness (QED) is 0.756. The van der Waals surface area contributed by atoms with E-state index in [0.717, 1.165) is 18.4 Å². The van der Waals surface area contributed by atoms with Crippen LogP contribution in [-0.4, -0.2) is 33.5 Å². The molecular weight excluding hydrogens is 328 g/mol. The first kappa shape index (κ1) is 18.1. The molecule has 142 valence electrons. The minimum absolute atomic E-state index is 0.0293. The lowest BCUT2D eigenvalue weighted by atomic mass is 9.45. The van der Waals surface area contributed by atoms with Gasteiger partial charge in [0, 0.05) is 16.7 Å². The predicted molar refractivity (Wildman–Crippen MR) is 98.2 cm³/mol. The molecule has 4 aliphatic carbocycles. The molecule has 3 fully saturated rings. The highest BCUT2D eigenvalue weighted by Crippen LogP contribution is 2.67. The van der Waals surface area contributed by atoms with Gasteiger partial charge in [0.05, 0.1) is 6.10 Å². The topological polar surface area (TPSA) is 74.6 Å². The lowest BCUT2D eigenvalue weighted by molar-refractivity contribution is -0.176. The first-order chi connectivity index (χ1) is 12.0. The zero-order chi connectivity index (χ0) is 19.1. The summed E-state index contributed by atoms with van der Waals surface area (Å²) < 4.78 is 0. The molecule has 0 radical (unpaired) electrons. The van der Waals surface area contributed by atoms with Crippen LogP contribution in [-0.2, 0) is 9.59 Å². The molecule has 0 aliphatic heterocycles. The first-order valence-corrected chi connectivity index (χ1v) is 9.91. The van der Waals surface area contributed by atoms with Crippen LogP contribution >= 0.6 is 0 Å². The van der Waals surface area contributed by atoms with Crippen LogP contribution < -0.4 is 0 Å². The SMILES string of the molecule is CC(=O)[C@]1(O)CCC2C3C[C@@H](C)C4=CC(=O)C=C[C@@]4(C)C3[C@H](O)C[C@]21C. The third-order valence-electron chi connectivity index (χ3n) is 8.55. The van der Waals surface area contributed by atoms with Gasteiger partial charge in [0.15, 0.2) is 11.6 Å². The lowest BCUT2D eigenvalue weighted by Crippen LogP contribution is -2.61. The van der Waals surface area contributed by atoms with Crippen molar-refractivity contribution in [2.45, 2.75) is 65.1 Å². The minimum Gasteiger partial charge on any atom is -0.393 e. The molecule has 26 heavy (non-hydrogen) atoms. The Labute approximate surface area is 155 Å². The fraction of sp³-hybridized carbons (Fsp3) is 0.727. The summed E-state index contributed by atoms with van der Waals surface area (Å²) in [6, 6.07) is 0. The normalized spacial score (nSPS) is 52.8. The molecule has 0 aromatic rings. The Hall–Kier alpha value is -1.26. The second-order valence-corrected chi connectivity index (χ2v) is 9.70. The van der Waals surface area contributed by atoms with Gasteiger partial charge >= 0.3 is 0 Å². The Morgan fingerprint density at radius 2 is 2.00 bits per heavy atom. The molecule has 4 aliphatic rings. The standard InChI is InChI=1S/C22H30O4/c1-12-9-15-16-6-8-22(26,13(2)23)21(16,4)11-18(25)19(15)20(3)7-5-14(24)10-17(12)20/h5,7,10,12,15-16,18-19,25-26H,6,8-9,11H2,1-4H3/t12-,15?,16?,18-,19?,20-,21-,22-/m1/s1. The second kappa shape index (κ2) is 5.39. The van der Waals surface area contributed by atoms with Crippen molar-refractivity contribution in [1.82, 2.24) is 0 Å². The number of ketones is 2. The summed E-state index contributed by atoms with van der Waals surface area (Å²) in [6.45, 7) is 7.79. The zero-order valence-electron chi connectivity index (χ0n) is 16.2. The fourth-order valence-electron chi connectivity index (χ4n) is 7.33. The Kier molecular flexibility index (Phi) is 3.75. The highest BCUT2D eigenvalue weighted by molar-refractivity contribution is 6.01. The third kappa shape index (κ3) is 2.03. The van der Waals surface area contributed by atoms with Crippen molar-refractivity contribution in [3.8, 4) is 0 Å². The number of aliphatic hydroxyl groups is 2. The molecule has 0 spiro atoms. The van der Waals surface area contributed by atoms with E-state index in [0.29, 0.717) is 12.8 Å². The number of hydrogen-bond acceptors (Lipinski definition) is 4. The number of Topliss-reactive ketones (excluding diaryl/α,β-unsaturated/α-hetero) is 1. The zero-order valence-corrected chi connectivity index (χ0v) is 16.2. The van der Waals surface area contributed by atoms with Crippen molar-refractivity contribution in [2.75, 3.05) is 0 Å². The summed E-state index contributed by atoms with van der Waals surface area (Å²) in [5, 5.41) is 22.4. The average Bonchev–Trinajstić information content (AvgIpc) is 2.81. The van der Waals surface area contributed by atoms with Gasteiger partial charge in [-0.1, -0.05) is 32.4 Å². The summed E-state index contributed by atoms with van der Waals surface area (Å²) in [7, 11) is 0. The van der Waals surface area contributed by atoms with Crippen molar-refractivity contribution < 1.29 is 19.8 Å². The van der Waals surface area contributed by atoms with E-state index in [-0.39, 0.29) is 40.7 Å². The number of carbonyl (C=O) groups is 2. The summed E-state index contributed by atoms with van der Waals surface area (Å²) in [6.07, 6.45) is 7.46. The maximum atomic E-state index is 12.3. The number of rotatable bonds is 1. The molecule has 0 aromatic heterocycles. The Morgan fingerprint density at radius 3 is 2.65 bits per heavy atom. The summed E-state index contributed by atoms with van der Waals surface area (Å²) in [4.78, 5) is 24.2. The molecule has 0 heterocycles. The number of hydrogen-bond donors (Lipinski definition) is 2. The van der Waals surface area contributed by atoms with Gasteiger partial charge in [0.2, 0.25) is 0 Å². The lowest BCUT2D eigenvalue weighted by Gasteiger charge is -2.60. The molecule has 4 rings (SSSR count). The van der Waals surface area contributed by atoms with Crippen molar-refractivity contribution >= 4 is 11.6 Å². The van der Waals surface area contributed by atoms with Gasteiger partial charge in [-0.3, -0.25) is 9.59 Å². The monoisotopic (exact) mass is 358 g/mol. The van der Waals surface area contributed by atoms with Gasteiger partial charge in [-0.05, 0) is 62.5 Å². The van der Waals surface area contributed by atoms with Gasteiger partial charge in [-0.2, -0.15) is 0 Å². The molecule has 4 heteroatoms. The van der Waals surface area contributed by atoms with Crippen molar-refractivity contribution in [3.05, 3.63) is 23.8 Å². The average molecular weight is 358 g/mol. The first-order valence-electron chi connectivity index (χ1n) is 9.91. The van der Waals surface area contributed by atoms with E-state index in [2.05, 4.69) is 13.8 Å². The maximum absolute atomic E-state index is 12.3. The van der Waals surface area contributed by atoms with Crippen molar-refractivity contribution in [3.63, 3.8) is 0 Å². The van der Waals surface area contributed by atoms with Gasteiger partial charge in [-0.25, -0.2) is 0 Å². The molecular formula is C22H30O4. The second-order valence-electron chi connectivity index (χ2n) is 9.70. The van der Waals surface area contributed by atoms with Crippen molar-refractivity contribution in [2.24, 2.45) is 34.5 Å². The van der Waals surface area contributed by atoms with Crippen LogP contribution in [0.3, 0.4) is 0 Å². The molecule has 0 bridgehead atoms. The minimum atomic E-state index is -1.33.